The lowest BCUT2D eigenvalue weighted by molar-refractivity contribution is 0.532. The minimum absolute atomic E-state index is 0.116. The van der Waals surface area contributed by atoms with Gasteiger partial charge in [-0.1, -0.05) is 27.7 Å². The summed E-state index contributed by atoms with van der Waals surface area (Å²) in [5.41, 5.74) is 2.29. The molecule has 0 radical (unpaired) electrons. The van der Waals surface area contributed by atoms with Crippen LogP contribution in [0.4, 0.5) is 0 Å². The average molecular weight is 296 g/mol. The topological polar surface area (TPSA) is 50.7 Å². The zero-order valence-corrected chi connectivity index (χ0v) is 13.4. The Morgan fingerprint density at radius 3 is 2.68 bits per heavy atom. The quantitative estimate of drug-likeness (QED) is 0.920. The van der Waals surface area contributed by atoms with Crippen LogP contribution >= 0.6 is 23.1 Å². The van der Waals surface area contributed by atoms with Crippen molar-refractivity contribution in [3.8, 4) is 0 Å². The van der Waals surface area contributed by atoms with Gasteiger partial charge in [0.2, 0.25) is 0 Å². The Bertz CT molecular complexity index is 499. The number of thiazole rings is 1. The van der Waals surface area contributed by atoms with Gasteiger partial charge in [0.25, 0.3) is 0 Å². The van der Waals surface area contributed by atoms with Crippen molar-refractivity contribution in [2.24, 2.45) is 0 Å². The van der Waals surface area contributed by atoms with E-state index in [4.69, 9.17) is 4.98 Å². The maximum atomic E-state index is 4.75. The largest absolute Gasteiger partial charge is 0.308 e. The number of aromatic nitrogens is 3. The summed E-state index contributed by atoms with van der Waals surface area (Å²) in [5.74, 6) is 0. The van der Waals surface area contributed by atoms with Gasteiger partial charge in [-0.25, -0.2) is 4.98 Å². The molecular formula is C13H20N4S2. The Morgan fingerprint density at radius 2 is 2.16 bits per heavy atom. The normalized spacial score (nSPS) is 13.7. The van der Waals surface area contributed by atoms with E-state index in [2.05, 4.69) is 47.1 Å². The molecular weight excluding hydrogens is 276 g/mol. The maximum Gasteiger partial charge on any atom is 0.0948 e. The second-order valence-electron chi connectivity index (χ2n) is 5.52. The van der Waals surface area contributed by atoms with Crippen LogP contribution < -0.4 is 5.32 Å². The number of nitrogens with one attached hydrogen (secondary N) is 1. The van der Waals surface area contributed by atoms with E-state index in [9.17, 15) is 0 Å². The van der Waals surface area contributed by atoms with E-state index >= 15 is 0 Å². The number of likely N-dealkylation sites (N-methyl/N-ethyl adjacent to an activating group) is 1. The second kappa shape index (κ2) is 6.07. The van der Waals surface area contributed by atoms with Gasteiger partial charge >= 0.3 is 0 Å². The molecule has 104 valence electrons. The predicted molar refractivity (Wildman–Crippen MR) is 80.8 cm³/mol. The van der Waals surface area contributed by atoms with Crippen molar-refractivity contribution in [2.75, 3.05) is 6.54 Å². The SMILES string of the molecule is CCNC(Cc1nc(C(C)(C)C)cs1)c1cnsn1. The van der Waals surface area contributed by atoms with E-state index in [0.29, 0.717) is 0 Å². The summed E-state index contributed by atoms with van der Waals surface area (Å²) >= 11 is 2.99. The summed E-state index contributed by atoms with van der Waals surface area (Å²) in [6.45, 7) is 9.60. The molecule has 0 aliphatic rings. The highest BCUT2D eigenvalue weighted by molar-refractivity contribution is 7.09. The molecule has 19 heavy (non-hydrogen) atoms. The zero-order valence-electron chi connectivity index (χ0n) is 11.8. The summed E-state index contributed by atoms with van der Waals surface area (Å²) in [6.07, 6.45) is 2.72. The van der Waals surface area contributed by atoms with Gasteiger partial charge in [-0.05, 0) is 6.54 Å². The Morgan fingerprint density at radius 1 is 1.37 bits per heavy atom. The third-order valence-electron chi connectivity index (χ3n) is 2.88. The second-order valence-corrected chi connectivity index (χ2v) is 7.02. The molecule has 2 heterocycles. The first kappa shape index (κ1) is 14.6. The molecule has 0 aliphatic carbocycles. The highest BCUT2D eigenvalue weighted by Gasteiger charge is 2.20. The van der Waals surface area contributed by atoms with Gasteiger partial charge < -0.3 is 5.32 Å². The molecule has 2 rings (SSSR count). The summed E-state index contributed by atoms with van der Waals surface area (Å²) in [7, 11) is 0. The fourth-order valence-corrected chi connectivity index (χ4v) is 3.32. The van der Waals surface area contributed by atoms with E-state index in [1.807, 2.05) is 6.20 Å². The number of nitrogens with zero attached hydrogens (tertiary/aromatic N) is 3. The van der Waals surface area contributed by atoms with Crippen molar-refractivity contribution < 1.29 is 0 Å². The van der Waals surface area contributed by atoms with Crippen LogP contribution in [0.25, 0.3) is 0 Å². The first-order chi connectivity index (χ1) is 9.00. The monoisotopic (exact) mass is 296 g/mol. The molecule has 0 bridgehead atoms. The van der Waals surface area contributed by atoms with Crippen LogP contribution in [-0.2, 0) is 11.8 Å². The molecule has 4 nitrogen and oxygen atoms in total. The molecule has 0 spiro atoms. The standard InChI is InChI=1S/C13H20N4S2/c1-5-14-9(10-7-15-19-17-10)6-12-16-11(8-18-12)13(2,3)4/h7-9,14H,5-6H2,1-4H3. The predicted octanol–water partition coefficient (Wildman–Crippen LogP) is 3.19. The Kier molecular flexibility index (Phi) is 4.65. The summed E-state index contributed by atoms with van der Waals surface area (Å²) in [4.78, 5) is 4.75. The summed E-state index contributed by atoms with van der Waals surface area (Å²) in [5, 5.41) is 6.77. The molecule has 0 saturated heterocycles. The molecule has 1 unspecified atom stereocenters. The van der Waals surface area contributed by atoms with E-state index in [0.717, 1.165) is 23.7 Å². The molecule has 1 N–H and O–H groups in total. The van der Waals surface area contributed by atoms with Crippen LogP contribution in [0, 0.1) is 0 Å². The zero-order chi connectivity index (χ0) is 13.9. The van der Waals surface area contributed by atoms with Crippen LogP contribution in [0.3, 0.4) is 0 Å². The molecule has 2 aromatic rings. The first-order valence-electron chi connectivity index (χ1n) is 6.46. The van der Waals surface area contributed by atoms with Gasteiger partial charge in [0.05, 0.1) is 40.4 Å². The Balaban J connectivity index is 2.11. The summed E-state index contributed by atoms with van der Waals surface area (Å²) in [6, 6.07) is 0.211. The minimum Gasteiger partial charge on any atom is -0.308 e. The molecule has 0 aliphatic heterocycles. The lowest BCUT2D eigenvalue weighted by atomic mass is 9.93. The van der Waals surface area contributed by atoms with Crippen molar-refractivity contribution in [3.05, 3.63) is 28.0 Å². The first-order valence-corrected chi connectivity index (χ1v) is 8.07. The van der Waals surface area contributed by atoms with E-state index < -0.39 is 0 Å². The molecule has 0 amide bonds. The molecule has 2 aromatic heterocycles. The lowest BCUT2D eigenvalue weighted by Gasteiger charge is -2.15. The molecule has 1 atom stereocenters. The summed E-state index contributed by atoms with van der Waals surface area (Å²) < 4.78 is 8.42. The third-order valence-corrected chi connectivity index (χ3v) is 4.25. The van der Waals surface area contributed by atoms with Crippen LogP contribution in [0.15, 0.2) is 11.6 Å². The molecule has 0 saturated carbocycles. The van der Waals surface area contributed by atoms with Crippen molar-refractivity contribution in [1.82, 2.24) is 19.0 Å². The Hall–Kier alpha value is -0.850. The van der Waals surface area contributed by atoms with Crippen LogP contribution in [-0.4, -0.2) is 20.3 Å². The van der Waals surface area contributed by atoms with Crippen LogP contribution in [0.2, 0.25) is 0 Å². The molecule has 6 heteroatoms. The van der Waals surface area contributed by atoms with Gasteiger partial charge in [-0.15, -0.1) is 11.3 Å². The average Bonchev–Trinajstić information content (AvgIpc) is 2.98. The van der Waals surface area contributed by atoms with Gasteiger partial charge in [0.15, 0.2) is 0 Å². The van der Waals surface area contributed by atoms with Crippen LogP contribution in [0.5, 0.6) is 0 Å². The van der Waals surface area contributed by atoms with E-state index in [-0.39, 0.29) is 11.5 Å². The minimum atomic E-state index is 0.116. The highest BCUT2D eigenvalue weighted by Crippen LogP contribution is 2.26. The number of hydrogen-bond acceptors (Lipinski definition) is 6. The smallest absolute Gasteiger partial charge is 0.0948 e. The number of hydrogen-bond donors (Lipinski definition) is 1. The lowest BCUT2D eigenvalue weighted by Crippen LogP contribution is -2.23. The van der Waals surface area contributed by atoms with Gasteiger partial charge in [-0.3, -0.25) is 0 Å². The van der Waals surface area contributed by atoms with Crippen molar-refractivity contribution in [1.29, 1.82) is 0 Å². The van der Waals surface area contributed by atoms with Gasteiger partial charge in [0.1, 0.15) is 0 Å². The van der Waals surface area contributed by atoms with Crippen molar-refractivity contribution in [2.45, 2.75) is 45.6 Å². The van der Waals surface area contributed by atoms with Gasteiger partial charge in [-0.2, -0.15) is 8.75 Å². The molecule has 0 fully saturated rings. The highest BCUT2D eigenvalue weighted by atomic mass is 32.1. The van der Waals surface area contributed by atoms with E-state index in [1.165, 1.54) is 17.4 Å². The van der Waals surface area contributed by atoms with Crippen molar-refractivity contribution >= 4 is 23.1 Å². The third kappa shape index (κ3) is 3.81. The Labute approximate surface area is 122 Å². The van der Waals surface area contributed by atoms with Crippen molar-refractivity contribution in [3.63, 3.8) is 0 Å². The molecule has 0 aromatic carbocycles. The fraction of sp³-hybridized carbons (Fsp3) is 0.615. The van der Waals surface area contributed by atoms with Gasteiger partial charge in [0, 0.05) is 17.2 Å². The maximum absolute atomic E-state index is 4.75. The fourth-order valence-electron chi connectivity index (χ4n) is 1.78. The van der Waals surface area contributed by atoms with E-state index in [1.54, 1.807) is 11.3 Å². The number of rotatable bonds is 5. The van der Waals surface area contributed by atoms with Crippen LogP contribution in [0.1, 0.15) is 50.1 Å².